The zero-order valence-electron chi connectivity index (χ0n) is 13.2. The molecular formula is C17H20N2O4. The summed E-state index contributed by atoms with van der Waals surface area (Å²) in [6.07, 6.45) is 1.97. The van der Waals surface area contributed by atoms with Crippen LogP contribution in [0.1, 0.15) is 42.6 Å². The Balaban J connectivity index is 2.24. The Morgan fingerprint density at radius 3 is 2.61 bits per heavy atom. The monoisotopic (exact) mass is 316 g/mol. The van der Waals surface area contributed by atoms with E-state index in [1.165, 1.54) is 0 Å². The molecular weight excluding hydrogens is 296 g/mol. The highest BCUT2D eigenvalue weighted by Crippen LogP contribution is 2.24. The number of aliphatic carboxylic acids is 1. The molecule has 6 heteroatoms. The average molecular weight is 316 g/mol. The van der Waals surface area contributed by atoms with Crippen LogP contribution in [-0.2, 0) is 4.79 Å². The molecule has 0 spiro atoms. The van der Waals surface area contributed by atoms with Gasteiger partial charge in [0.25, 0.3) is 5.91 Å². The lowest BCUT2D eigenvalue weighted by atomic mass is 10.1. The number of nitrogens with one attached hydrogen (secondary N) is 1. The summed E-state index contributed by atoms with van der Waals surface area (Å²) in [7, 11) is 0. The molecule has 0 aliphatic heterocycles. The van der Waals surface area contributed by atoms with Crippen molar-refractivity contribution in [1.82, 2.24) is 10.3 Å². The first kappa shape index (κ1) is 16.7. The molecule has 1 atom stereocenters. The van der Waals surface area contributed by atoms with Crippen LogP contribution in [0.25, 0.3) is 11.3 Å². The van der Waals surface area contributed by atoms with E-state index in [0.29, 0.717) is 18.1 Å². The highest BCUT2D eigenvalue weighted by Gasteiger charge is 2.25. The quantitative estimate of drug-likeness (QED) is 0.819. The van der Waals surface area contributed by atoms with Crippen molar-refractivity contribution in [2.75, 3.05) is 0 Å². The van der Waals surface area contributed by atoms with Crippen LogP contribution in [0.2, 0.25) is 0 Å². The highest BCUT2D eigenvalue weighted by atomic mass is 16.4. The molecule has 0 radical (unpaired) electrons. The second-order valence-corrected chi connectivity index (χ2v) is 5.28. The number of carboxylic acid groups (broad SMARTS) is 1. The number of carboxylic acids is 1. The van der Waals surface area contributed by atoms with Gasteiger partial charge in [0.05, 0.1) is 0 Å². The molecule has 2 N–H and O–H groups in total. The van der Waals surface area contributed by atoms with Gasteiger partial charge in [-0.3, -0.25) is 4.79 Å². The number of benzene rings is 1. The zero-order valence-corrected chi connectivity index (χ0v) is 13.2. The van der Waals surface area contributed by atoms with Crippen molar-refractivity contribution in [3.63, 3.8) is 0 Å². The molecule has 0 saturated carbocycles. The fourth-order valence-electron chi connectivity index (χ4n) is 2.26. The van der Waals surface area contributed by atoms with Gasteiger partial charge in [0.15, 0.2) is 17.3 Å². The first-order valence-corrected chi connectivity index (χ1v) is 7.59. The van der Waals surface area contributed by atoms with Crippen LogP contribution in [0.4, 0.5) is 0 Å². The maximum atomic E-state index is 12.4. The van der Waals surface area contributed by atoms with E-state index in [9.17, 15) is 14.7 Å². The maximum absolute atomic E-state index is 12.4. The Labute approximate surface area is 134 Å². The topological polar surface area (TPSA) is 92.4 Å². The summed E-state index contributed by atoms with van der Waals surface area (Å²) in [5, 5.41) is 11.8. The van der Waals surface area contributed by atoms with Crippen LogP contribution in [-0.4, -0.2) is 28.0 Å². The first-order valence-electron chi connectivity index (χ1n) is 7.59. The van der Waals surface area contributed by atoms with E-state index in [0.717, 1.165) is 18.4 Å². The predicted molar refractivity (Wildman–Crippen MR) is 85.1 cm³/mol. The Bertz CT molecular complexity index is 679. The summed E-state index contributed by atoms with van der Waals surface area (Å²) in [6.45, 7) is 3.62. The van der Waals surface area contributed by atoms with Gasteiger partial charge in [0, 0.05) is 12.5 Å². The standard InChI is InChI=1S/C17H20N2O4/c1-3-4-10-13(17(21)22)19-16(20)14-15(23-11(2)18-14)12-8-6-5-7-9-12/h5-9,13H,3-4,10H2,1-2H3,(H,19,20)(H,21,22). The minimum Gasteiger partial charge on any atom is -0.480 e. The SMILES string of the molecule is CCCCC(NC(=O)c1nc(C)oc1-c1ccccc1)C(=O)O. The Morgan fingerprint density at radius 1 is 1.30 bits per heavy atom. The molecule has 1 heterocycles. The molecule has 2 rings (SSSR count). The Morgan fingerprint density at radius 2 is 2.00 bits per heavy atom. The van der Waals surface area contributed by atoms with Crippen LogP contribution < -0.4 is 5.32 Å². The van der Waals surface area contributed by atoms with Gasteiger partial charge in [-0.2, -0.15) is 0 Å². The van der Waals surface area contributed by atoms with Crippen molar-refractivity contribution in [3.8, 4) is 11.3 Å². The summed E-state index contributed by atoms with van der Waals surface area (Å²) in [5.74, 6) is -0.882. The number of aryl methyl sites for hydroxylation is 1. The molecule has 0 bridgehead atoms. The van der Waals surface area contributed by atoms with Gasteiger partial charge in [-0.1, -0.05) is 50.1 Å². The smallest absolute Gasteiger partial charge is 0.326 e. The summed E-state index contributed by atoms with van der Waals surface area (Å²) in [5.41, 5.74) is 0.829. The third kappa shape index (κ3) is 4.18. The van der Waals surface area contributed by atoms with Crippen molar-refractivity contribution in [3.05, 3.63) is 41.9 Å². The molecule has 23 heavy (non-hydrogen) atoms. The van der Waals surface area contributed by atoms with Crippen molar-refractivity contribution >= 4 is 11.9 Å². The van der Waals surface area contributed by atoms with Gasteiger partial charge in [0.1, 0.15) is 6.04 Å². The number of oxazole rings is 1. The van der Waals surface area contributed by atoms with E-state index in [2.05, 4.69) is 10.3 Å². The lowest BCUT2D eigenvalue weighted by Gasteiger charge is -2.13. The molecule has 0 saturated heterocycles. The normalized spacial score (nSPS) is 11.9. The first-order chi connectivity index (χ1) is 11.0. The van der Waals surface area contributed by atoms with Crippen molar-refractivity contribution in [1.29, 1.82) is 0 Å². The number of carbonyl (C=O) groups excluding carboxylic acids is 1. The van der Waals surface area contributed by atoms with Crippen LogP contribution in [0.15, 0.2) is 34.7 Å². The zero-order chi connectivity index (χ0) is 16.8. The van der Waals surface area contributed by atoms with Crippen LogP contribution in [0.3, 0.4) is 0 Å². The van der Waals surface area contributed by atoms with Gasteiger partial charge in [0.2, 0.25) is 0 Å². The number of rotatable bonds is 7. The van der Waals surface area contributed by atoms with Crippen LogP contribution >= 0.6 is 0 Å². The number of hydrogen-bond donors (Lipinski definition) is 2. The van der Waals surface area contributed by atoms with E-state index in [4.69, 9.17) is 4.42 Å². The fraction of sp³-hybridized carbons (Fsp3) is 0.353. The molecule has 0 fully saturated rings. The molecule has 1 amide bonds. The Kier molecular flexibility index (Phi) is 5.51. The molecule has 0 aliphatic rings. The molecule has 122 valence electrons. The van der Waals surface area contributed by atoms with Crippen molar-refractivity contribution < 1.29 is 19.1 Å². The van der Waals surface area contributed by atoms with Gasteiger partial charge in [-0.05, 0) is 6.42 Å². The van der Waals surface area contributed by atoms with Crippen LogP contribution in [0.5, 0.6) is 0 Å². The number of aromatic nitrogens is 1. The minimum absolute atomic E-state index is 0.108. The van der Waals surface area contributed by atoms with Crippen molar-refractivity contribution in [2.24, 2.45) is 0 Å². The van der Waals surface area contributed by atoms with E-state index >= 15 is 0 Å². The summed E-state index contributed by atoms with van der Waals surface area (Å²) >= 11 is 0. The number of unbranched alkanes of at least 4 members (excludes halogenated alkanes) is 1. The lowest BCUT2D eigenvalue weighted by molar-refractivity contribution is -0.139. The van der Waals surface area contributed by atoms with Gasteiger partial charge < -0.3 is 14.8 Å². The van der Waals surface area contributed by atoms with Gasteiger partial charge in [-0.25, -0.2) is 9.78 Å². The van der Waals surface area contributed by atoms with E-state index < -0.39 is 17.9 Å². The fourth-order valence-corrected chi connectivity index (χ4v) is 2.26. The third-order valence-corrected chi connectivity index (χ3v) is 3.43. The van der Waals surface area contributed by atoms with E-state index in [1.54, 1.807) is 6.92 Å². The number of carbonyl (C=O) groups is 2. The molecule has 1 aromatic carbocycles. The third-order valence-electron chi connectivity index (χ3n) is 3.43. The van der Waals surface area contributed by atoms with E-state index in [1.807, 2.05) is 37.3 Å². The molecule has 6 nitrogen and oxygen atoms in total. The van der Waals surface area contributed by atoms with E-state index in [-0.39, 0.29) is 5.69 Å². The number of hydrogen-bond acceptors (Lipinski definition) is 4. The van der Waals surface area contributed by atoms with Gasteiger partial charge in [-0.15, -0.1) is 0 Å². The molecule has 1 unspecified atom stereocenters. The average Bonchev–Trinajstić information content (AvgIpc) is 2.94. The van der Waals surface area contributed by atoms with Crippen molar-refractivity contribution in [2.45, 2.75) is 39.2 Å². The second-order valence-electron chi connectivity index (χ2n) is 5.28. The molecule has 1 aromatic heterocycles. The number of nitrogens with zero attached hydrogens (tertiary/aromatic N) is 1. The second kappa shape index (κ2) is 7.58. The Hall–Kier alpha value is -2.63. The molecule has 2 aromatic rings. The summed E-state index contributed by atoms with van der Waals surface area (Å²) in [6, 6.07) is 8.21. The predicted octanol–water partition coefficient (Wildman–Crippen LogP) is 3.02. The van der Waals surface area contributed by atoms with Crippen LogP contribution in [0, 0.1) is 6.92 Å². The highest BCUT2D eigenvalue weighted by molar-refractivity contribution is 5.99. The molecule has 0 aliphatic carbocycles. The lowest BCUT2D eigenvalue weighted by Crippen LogP contribution is -2.41. The van der Waals surface area contributed by atoms with Gasteiger partial charge >= 0.3 is 5.97 Å². The summed E-state index contributed by atoms with van der Waals surface area (Å²) in [4.78, 5) is 27.8. The summed E-state index contributed by atoms with van der Waals surface area (Å²) < 4.78 is 5.53. The minimum atomic E-state index is -1.05. The maximum Gasteiger partial charge on any atom is 0.326 e. The number of amides is 1. The largest absolute Gasteiger partial charge is 0.480 e.